The summed E-state index contributed by atoms with van der Waals surface area (Å²) in [6, 6.07) is 10.5. The van der Waals surface area contributed by atoms with E-state index in [1.807, 2.05) is 29.9 Å². The predicted molar refractivity (Wildman–Crippen MR) is 106 cm³/mol. The van der Waals surface area contributed by atoms with E-state index in [0.717, 1.165) is 28.5 Å². The van der Waals surface area contributed by atoms with Crippen molar-refractivity contribution in [3.63, 3.8) is 0 Å². The molecule has 27 heavy (non-hydrogen) atoms. The third kappa shape index (κ3) is 2.49. The number of nitrogens with zero attached hydrogens (tertiary/aromatic N) is 5. The molecule has 4 aromatic heterocycles. The minimum atomic E-state index is -2.23. The lowest BCUT2D eigenvalue weighted by atomic mass is 10.1. The molecule has 0 amide bonds. The monoisotopic (exact) mass is 364 g/mol. The molecule has 0 aliphatic carbocycles. The third-order valence-electron chi connectivity index (χ3n) is 5.42. The second-order valence-corrected chi connectivity index (χ2v) is 7.23. The van der Waals surface area contributed by atoms with Crippen LogP contribution in [0.2, 0.25) is 0 Å². The summed E-state index contributed by atoms with van der Waals surface area (Å²) in [7, 11) is 6.04. The smallest absolute Gasteiger partial charge is 0.277 e. The molecular formula is C22H27N5+2. The Balaban J connectivity index is 1.96. The van der Waals surface area contributed by atoms with Crippen molar-refractivity contribution in [2.24, 2.45) is 21.1 Å². The lowest BCUT2D eigenvalue weighted by molar-refractivity contribution is -0.685. The van der Waals surface area contributed by atoms with E-state index in [1.165, 1.54) is 5.56 Å². The van der Waals surface area contributed by atoms with E-state index in [9.17, 15) is 0 Å². The molecule has 0 aliphatic rings. The first kappa shape index (κ1) is 14.2. The van der Waals surface area contributed by atoms with Gasteiger partial charge in [0, 0.05) is 40.6 Å². The number of pyridine rings is 2. The fourth-order valence-electron chi connectivity index (χ4n) is 4.01. The Hall–Kier alpha value is -2.95. The summed E-state index contributed by atoms with van der Waals surface area (Å²) >= 11 is 0. The molecule has 0 fully saturated rings. The van der Waals surface area contributed by atoms with Gasteiger partial charge in [0.05, 0.1) is 11.4 Å². The average molecular weight is 365 g/mol. The molecule has 5 heteroatoms. The lowest BCUT2D eigenvalue weighted by Crippen LogP contribution is -2.40. The summed E-state index contributed by atoms with van der Waals surface area (Å²) in [5, 5.41) is 0. The topological polar surface area (TPSA) is 30.0 Å². The Morgan fingerprint density at radius 1 is 0.963 bits per heavy atom. The van der Waals surface area contributed by atoms with E-state index in [-0.39, 0.29) is 5.69 Å². The van der Waals surface area contributed by atoms with Crippen LogP contribution in [0.3, 0.4) is 0 Å². The maximum atomic E-state index is 7.78. The van der Waals surface area contributed by atoms with Gasteiger partial charge < -0.3 is 4.57 Å². The Bertz CT molecular complexity index is 1290. The highest BCUT2D eigenvalue weighted by Crippen LogP contribution is 2.27. The highest BCUT2D eigenvalue weighted by Gasteiger charge is 2.27. The maximum Gasteiger partial charge on any atom is 0.277 e. The molecule has 0 bridgehead atoms. The molecule has 0 radical (unpaired) electrons. The minimum Gasteiger partial charge on any atom is -0.308 e. The molecule has 0 atom stereocenters. The molecule has 0 unspecified atom stereocenters. The Morgan fingerprint density at radius 3 is 2.37 bits per heavy atom. The van der Waals surface area contributed by atoms with Crippen molar-refractivity contribution in [1.29, 1.82) is 0 Å². The molecule has 0 saturated carbocycles. The van der Waals surface area contributed by atoms with Gasteiger partial charge in [0.25, 0.3) is 11.4 Å². The number of aryl methyl sites for hydroxylation is 6. The summed E-state index contributed by atoms with van der Waals surface area (Å²) in [5.41, 5.74) is 7.25. The van der Waals surface area contributed by atoms with Crippen LogP contribution in [0.5, 0.6) is 0 Å². The Kier molecular flexibility index (Phi) is 3.17. The molecule has 0 N–H and O–H groups in total. The van der Waals surface area contributed by atoms with E-state index in [4.69, 9.17) is 4.11 Å². The summed E-state index contributed by atoms with van der Waals surface area (Å²) < 4.78 is 31.6. The predicted octanol–water partition coefficient (Wildman–Crippen LogP) is 2.89. The number of aromatic nitrogens is 5. The quantitative estimate of drug-likeness (QED) is 0.503. The van der Waals surface area contributed by atoms with Gasteiger partial charge >= 0.3 is 0 Å². The lowest BCUT2D eigenvalue weighted by Gasteiger charge is -2.07. The van der Waals surface area contributed by atoms with E-state index >= 15 is 0 Å². The van der Waals surface area contributed by atoms with Gasteiger partial charge in [-0.1, -0.05) is 0 Å². The van der Waals surface area contributed by atoms with Crippen molar-refractivity contribution in [1.82, 2.24) is 14.0 Å². The average Bonchev–Trinajstić information content (AvgIpc) is 3.12. The maximum absolute atomic E-state index is 7.78. The fourth-order valence-corrected chi connectivity index (χ4v) is 4.01. The Labute approximate surface area is 164 Å². The second kappa shape index (κ2) is 6.05. The minimum absolute atomic E-state index is 0.160. The van der Waals surface area contributed by atoms with Gasteiger partial charge in [0.1, 0.15) is 19.8 Å². The van der Waals surface area contributed by atoms with Crippen molar-refractivity contribution in [2.45, 2.75) is 27.6 Å². The van der Waals surface area contributed by atoms with Gasteiger partial charge in [-0.2, -0.15) is 9.13 Å². The summed E-state index contributed by atoms with van der Waals surface area (Å²) in [5.74, 6) is 0.636. The van der Waals surface area contributed by atoms with Crippen LogP contribution in [0.1, 0.15) is 26.8 Å². The molecule has 0 aliphatic heterocycles. The highest BCUT2D eigenvalue weighted by atomic mass is 15.2. The van der Waals surface area contributed by atoms with Crippen LogP contribution >= 0.6 is 0 Å². The van der Waals surface area contributed by atoms with Crippen molar-refractivity contribution in [2.75, 3.05) is 0 Å². The van der Waals surface area contributed by atoms with E-state index in [2.05, 4.69) is 71.7 Å². The fraction of sp³-hybridized carbons (Fsp3) is 0.318. The van der Waals surface area contributed by atoms with Crippen molar-refractivity contribution < 1.29 is 13.2 Å². The molecule has 138 valence electrons. The zero-order chi connectivity index (χ0) is 22.0. The number of fused-ring (bicyclic) bond motifs is 1. The Morgan fingerprint density at radius 2 is 1.70 bits per heavy atom. The number of rotatable bonds is 2. The molecule has 4 heterocycles. The third-order valence-corrected chi connectivity index (χ3v) is 5.42. The van der Waals surface area contributed by atoms with Crippen molar-refractivity contribution in [3.8, 4) is 22.8 Å². The van der Waals surface area contributed by atoms with Gasteiger partial charge in [0.15, 0.2) is 6.20 Å². The van der Waals surface area contributed by atoms with Crippen LogP contribution in [0, 0.1) is 27.6 Å². The highest BCUT2D eigenvalue weighted by molar-refractivity contribution is 5.63. The molecule has 0 saturated heterocycles. The van der Waals surface area contributed by atoms with E-state index in [0.29, 0.717) is 11.5 Å². The molecule has 0 spiro atoms. The van der Waals surface area contributed by atoms with Crippen molar-refractivity contribution >= 4 is 5.78 Å². The molecular weight excluding hydrogens is 334 g/mol. The van der Waals surface area contributed by atoms with Crippen LogP contribution in [0.25, 0.3) is 28.6 Å². The van der Waals surface area contributed by atoms with E-state index in [1.54, 1.807) is 0 Å². The van der Waals surface area contributed by atoms with Gasteiger partial charge in [-0.05, 0) is 39.8 Å². The summed E-state index contributed by atoms with van der Waals surface area (Å²) in [6.07, 6.45) is 2.11. The van der Waals surface area contributed by atoms with Crippen LogP contribution in [-0.2, 0) is 21.1 Å². The molecule has 4 rings (SSSR count). The summed E-state index contributed by atoms with van der Waals surface area (Å²) in [4.78, 5) is 4.47. The van der Waals surface area contributed by atoms with Crippen LogP contribution in [0.4, 0.5) is 0 Å². The van der Waals surface area contributed by atoms with Gasteiger partial charge in [-0.3, -0.25) is 4.40 Å². The van der Waals surface area contributed by atoms with Gasteiger partial charge in [0.2, 0.25) is 11.5 Å². The first-order valence-corrected chi connectivity index (χ1v) is 9.03. The second-order valence-electron chi connectivity index (χ2n) is 7.23. The van der Waals surface area contributed by atoms with Crippen molar-refractivity contribution in [3.05, 3.63) is 59.2 Å². The molecule has 5 nitrogen and oxygen atoms in total. The zero-order valence-corrected chi connectivity index (χ0v) is 16.7. The first-order valence-electron chi connectivity index (χ1n) is 10.5. The van der Waals surface area contributed by atoms with Gasteiger partial charge in [-0.15, -0.1) is 0 Å². The number of hydrogen-bond acceptors (Lipinski definition) is 1. The van der Waals surface area contributed by atoms with Crippen LogP contribution in [-0.4, -0.2) is 14.0 Å². The SMILES string of the molecule is [2H]C([2H])([2H])c1nc2n(C)c(-c3cccc(-c4ccc(C)c[n+]4C)[n+]3C)c(C)n2c1C. The standard InChI is InChI=1S/C22H27N5/c1-14-11-12-18(24(5)13-14)19-9-8-10-20(25(19)6)21-17(4)27-16(3)15(2)23-22(27)26(21)7/h8-13H,1-7H3/q+2/i2D3. The first-order chi connectivity index (χ1) is 14.0. The normalized spacial score (nSPS) is 13.6. The largest absolute Gasteiger partial charge is 0.308 e. The van der Waals surface area contributed by atoms with Gasteiger partial charge in [-0.25, -0.2) is 4.98 Å². The number of hydrogen-bond donors (Lipinski definition) is 0. The number of imidazole rings is 2. The van der Waals surface area contributed by atoms with Crippen LogP contribution < -0.4 is 9.13 Å². The van der Waals surface area contributed by atoms with E-state index < -0.39 is 6.85 Å². The summed E-state index contributed by atoms with van der Waals surface area (Å²) in [6.45, 7) is 3.69. The molecule has 4 aromatic rings. The molecule has 0 aromatic carbocycles. The van der Waals surface area contributed by atoms with Crippen LogP contribution in [0.15, 0.2) is 36.5 Å². The zero-order valence-electron chi connectivity index (χ0n) is 19.7.